The molecule has 1 unspecified atom stereocenters. The molecule has 4 atom stereocenters. The van der Waals surface area contributed by atoms with Crippen LogP contribution in [0.5, 0.6) is 0 Å². The first-order valence-electron chi connectivity index (χ1n) is 9.44. The summed E-state index contributed by atoms with van der Waals surface area (Å²) in [7, 11) is 0. The molecular weight excluding hydrogens is 348 g/mol. The summed E-state index contributed by atoms with van der Waals surface area (Å²) < 4.78 is 16.0. The van der Waals surface area contributed by atoms with Gasteiger partial charge < -0.3 is 19.5 Å². The van der Waals surface area contributed by atoms with Crippen LogP contribution in [-0.4, -0.2) is 50.2 Å². The van der Waals surface area contributed by atoms with Gasteiger partial charge in [0, 0.05) is 5.69 Å². The van der Waals surface area contributed by atoms with Crippen LogP contribution in [0.1, 0.15) is 32.3 Å². The molecule has 0 spiro atoms. The zero-order valence-corrected chi connectivity index (χ0v) is 15.9. The molecule has 2 amide bonds. The largest absolute Gasteiger partial charge is 0.444 e. The zero-order valence-electron chi connectivity index (χ0n) is 15.9. The van der Waals surface area contributed by atoms with Crippen molar-refractivity contribution in [3.8, 4) is 0 Å². The van der Waals surface area contributed by atoms with Crippen molar-refractivity contribution in [2.75, 3.05) is 31.2 Å². The average Bonchev–Trinajstić information content (AvgIpc) is 2.93. The molecule has 1 aliphatic carbocycles. The number of hydrogen-bond donors (Lipinski definition) is 1. The fourth-order valence-corrected chi connectivity index (χ4v) is 3.96. The second-order valence-electron chi connectivity index (χ2n) is 8.48. The number of nitrogens with zero attached hydrogens (tertiary/aromatic N) is 1. The fraction of sp³-hybridized carbons (Fsp3) is 0.600. The summed E-state index contributed by atoms with van der Waals surface area (Å²) >= 11 is 0. The van der Waals surface area contributed by atoms with E-state index in [1.807, 2.05) is 12.1 Å². The minimum atomic E-state index is -0.559. The van der Waals surface area contributed by atoms with Gasteiger partial charge in [-0.1, -0.05) is 12.1 Å². The van der Waals surface area contributed by atoms with Crippen LogP contribution in [0.3, 0.4) is 0 Å². The predicted molar refractivity (Wildman–Crippen MR) is 98.8 cm³/mol. The number of alkyl carbamates (subject to hydrolysis) is 1. The average molecular weight is 374 g/mol. The SMILES string of the molecule is CC(C)(C)OC(=O)NC[C@H]1CN(c2ccc(C3[C@H]4COC[C@@H]34)cc2)C(=O)O1. The molecule has 1 aromatic carbocycles. The smallest absolute Gasteiger partial charge is 0.414 e. The van der Waals surface area contributed by atoms with Gasteiger partial charge in [0.2, 0.25) is 0 Å². The lowest BCUT2D eigenvalue weighted by Gasteiger charge is -2.20. The third-order valence-corrected chi connectivity index (χ3v) is 5.29. The Bertz CT molecular complexity index is 717. The molecule has 0 radical (unpaired) electrons. The van der Waals surface area contributed by atoms with E-state index in [9.17, 15) is 9.59 Å². The molecule has 0 aromatic heterocycles. The van der Waals surface area contributed by atoms with Crippen molar-refractivity contribution >= 4 is 17.9 Å². The Morgan fingerprint density at radius 1 is 1.22 bits per heavy atom. The van der Waals surface area contributed by atoms with Crippen LogP contribution in [-0.2, 0) is 14.2 Å². The first kappa shape index (κ1) is 18.1. The second kappa shape index (κ2) is 6.71. The van der Waals surface area contributed by atoms with Crippen molar-refractivity contribution in [1.29, 1.82) is 0 Å². The number of carbonyl (C=O) groups excluding carboxylic acids is 2. The maximum atomic E-state index is 12.2. The molecule has 3 aliphatic rings. The van der Waals surface area contributed by atoms with Crippen LogP contribution in [0, 0.1) is 11.8 Å². The van der Waals surface area contributed by atoms with Gasteiger partial charge in [-0.15, -0.1) is 0 Å². The molecule has 0 bridgehead atoms. The highest BCUT2D eigenvalue weighted by Crippen LogP contribution is 2.57. The standard InChI is InChI=1S/C20H26N2O5/c1-20(2,3)27-18(23)21-8-14-9-22(19(24)26-14)13-6-4-12(5-7-13)17-15-10-25-11-16(15)17/h4-7,14-17H,8-11H2,1-3H3,(H,21,23)/t14-,15-,16+,17?/m0/s1. The summed E-state index contributed by atoms with van der Waals surface area (Å²) in [4.78, 5) is 25.5. The van der Waals surface area contributed by atoms with E-state index in [0.717, 1.165) is 18.9 Å². The fourth-order valence-electron chi connectivity index (χ4n) is 3.96. The van der Waals surface area contributed by atoms with Gasteiger partial charge in [0.05, 0.1) is 26.3 Å². The van der Waals surface area contributed by atoms with Gasteiger partial charge >= 0.3 is 12.2 Å². The highest BCUT2D eigenvalue weighted by molar-refractivity contribution is 5.89. The molecule has 2 saturated heterocycles. The summed E-state index contributed by atoms with van der Waals surface area (Å²) in [5.74, 6) is 1.93. The van der Waals surface area contributed by atoms with Crippen molar-refractivity contribution in [2.24, 2.45) is 11.8 Å². The number of amides is 2. The molecule has 146 valence electrons. The number of carbonyl (C=O) groups is 2. The molecule has 1 N–H and O–H groups in total. The number of anilines is 1. The topological polar surface area (TPSA) is 77.1 Å². The van der Waals surface area contributed by atoms with Crippen LogP contribution in [0.2, 0.25) is 0 Å². The van der Waals surface area contributed by atoms with Gasteiger partial charge in [-0.25, -0.2) is 9.59 Å². The van der Waals surface area contributed by atoms with Crippen molar-refractivity contribution in [3.05, 3.63) is 29.8 Å². The van der Waals surface area contributed by atoms with E-state index in [4.69, 9.17) is 14.2 Å². The van der Waals surface area contributed by atoms with E-state index >= 15 is 0 Å². The van der Waals surface area contributed by atoms with Crippen molar-refractivity contribution in [2.45, 2.75) is 38.4 Å². The number of nitrogens with one attached hydrogen (secondary N) is 1. The summed E-state index contributed by atoms with van der Waals surface area (Å²) in [5.41, 5.74) is 1.56. The van der Waals surface area contributed by atoms with E-state index in [0.29, 0.717) is 24.3 Å². The van der Waals surface area contributed by atoms with E-state index in [1.54, 1.807) is 25.7 Å². The van der Waals surface area contributed by atoms with Gasteiger partial charge in [0.25, 0.3) is 0 Å². The highest BCUT2D eigenvalue weighted by Gasteiger charge is 2.54. The number of fused-ring (bicyclic) bond motifs is 1. The quantitative estimate of drug-likeness (QED) is 0.877. The van der Waals surface area contributed by atoms with E-state index in [2.05, 4.69) is 17.4 Å². The lowest BCUT2D eigenvalue weighted by atomic mass is 10.1. The molecule has 2 aliphatic heterocycles. The molecule has 7 heteroatoms. The Morgan fingerprint density at radius 2 is 1.89 bits per heavy atom. The van der Waals surface area contributed by atoms with Crippen LogP contribution >= 0.6 is 0 Å². The van der Waals surface area contributed by atoms with Crippen LogP contribution in [0.4, 0.5) is 15.3 Å². The van der Waals surface area contributed by atoms with E-state index in [1.165, 1.54) is 5.56 Å². The minimum Gasteiger partial charge on any atom is -0.444 e. The number of cyclic esters (lactones) is 1. The monoisotopic (exact) mass is 374 g/mol. The maximum Gasteiger partial charge on any atom is 0.414 e. The zero-order chi connectivity index (χ0) is 19.2. The molecule has 4 rings (SSSR count). The van der Waals surface area contributed by atoms with Gasteiger partial charge in [-0.05, 0) is 56.2 Å². The first-order chi connectivity index (χ1) is 12.8. The molecule has 7 nitrogen and oxygen atoms in total. The van der Waals surface area contributed by atoms with Crippen molar-refractivity contribution in [1.82, 2.24) is 5.32 Å². The van der Waals surface area contributed by atoms with E-state index in [-0.39, 0.29) is 6.54 Å². The van der Waals surface area contributed by atoms with E-state index < -0.39 is 23.9 Å². The molecule has 2 heterocycles. The minimum absolute atomic E-state index is 0.223. The van der Waals surface area contributed by atoms with Crippen LogP contribution in [0.25, 0.3) is 0 Å². The Balaban J connectivity index is 1.31. The Hall–Kier alpha value is -2.28. The number of benzene rings is 1. The van der Waals surface area contributed by atoms with Gasteiger partial charge in [0.1, 0.15) is 11.7 Å². The molecular formula is C20H26N2O5. The van der Waals surface area contributed by atoms with Gasteiger partial charge in [0.15, 0.2) is 0 Å². The normalized spacial score (nSPS) is 29.3. The van der Waals surface area contributed by atoms with Crippen LogP contribution < -0.4 is 10.2 Å². The molecule has 1 aromatic rings. The molecule has 27 heavy (non-hydrogen) atoms. The molecule has 3 fully saturated rings. The van der Waals surface area contributed by atoms with Crippen molar-refractivity contribution in [3.63, 3.8) is 0 Å². The lowest BCUT2D eigenvalue weighted by molar-refractivity contribution is 0.0496. The maximum absolute atomic E-state index is 12.2. The Kier molecular flexibility index (Phi) is 4.50. The third-order valence-electron chi connectivity index (χ3n) is 5.29. The highest BCUT2D eigenvalue weighted by atomic mass is 16.6. The predicted octanol–water partition coefficient (Wildman–Crippen LogP) is 2.90. The first-order valence-corrected chi connectivity index (χ1v) is 9.44. The Labute approximate surface area is 158 Å². The van der Waals surface area contributed by atoms with Gasteiger partial charge in [-0.3, -0.25) is 4.90 Å². The lowest BCUT2D eigenvalue weighted by Crippen LogP contribution is -2.38. The van der Waals surface area contributed by atoms with Gasteiger partial charge in [-0.2, -0.15) is 0 Å². The summed E-state index contributed by atoms with van der Waals surface area (Å²) in [6, 6.07) is 8.13. The summed E-state index contributed by atoms with van der Waals surface area (Å²) in [5, 5.41) is 2.65. The summed E-state index contributed by atoms with van der Waals surface area (Å²) in [6.45, 7) is 7.75. The third kappa shape index (κ3) is 3.88. The summed E-state index contributed by atoms with van der Waals surface area (Å²) in [6.07, 6.45) is -1.31. The van der Waals surface area contributed by atoms with Crippen molar-refractivity contribution < 1.29 is 23.8 Å². The number of rotatable bonds is 4. The molecule has 1 saturated carbocycles. The number of ether oxygens (including phenoxy) is 3. The number of hydrogen-bond acceptors (Lipinski definition) is 5. The Morgan fingerprint density at radius 3 is 2.52 bits per heavy atom. The van der Waals surface area contributed by atoms with Crippen LogP contribution in [0.15, 0.2) is 24.3 Å². The second-order valence-corrected chi connectivity index (χ2v) is 8.48.